The molecule has 15 heavy (non-hydrogen) atoms. The highest BCUT2D eigenvalue weighted by atomic mass is 79.9. The molecule has 9 heteroatoms. The molecule has 0 amide bonds. The third kappa shape index (κ3) is 2.83. The molecule has 0 aliphatic heterocycles. The largest absolute Gasteiger partial charge is 0.300 e. The Labute approximate surface area is 97.6 Å². The fourth-order valence-electron chi connectivity index (χ4n) is 0.786. The zero-order valence-electron chi connectivity index (χ0n) is 6.67. The van der Waals surface area contributed by atoms with Crippen LogP contribution in [0.2, 0.25) is 0 Å². The Bertz CT molecular complexity index is 491. The summed E-state index contributed by atoms with van der Waals surface area (Å²) in [7, 11) is -5.05. The van der Waals surface area contributed by atoms with Gasteiger partial charge in [-0.3, -0.25) is 4.55 Å². The van der Waals surface area contributed by atoms with Gasteiger partial charge in [-0.1, -0.05) is 0 Å². The van der Waals surface area contributed by atoms with Crippen LogP contribution in [0.5, 0.6) is 0 Å². The monoisotopic (exact) mass is 326 g/mol. The summed E-state index contributed by atoms with van der Waals surface area (Å²) in [6.45, 7) is 0. The predicted molar refractivity (Wildman–Crippen MR) is 51.1 cm³/mol. The molecule has 0 atom stereocenters. The minimum Gasteiger partial charge on any atom is -0.282 e. The van der Waals surface area contributed by atoms with Crippen LogP contribution in [0, 0.1) is 17.5 Å². The van der Waals surface area contributed by atoms with Crippen molar-refractivity contribution in [2.45, 2.75) is 4.90 Å². The van der Waals surface area contributed by atoms with Crippen LogP contribution in [0.25, 0.3) is 0 Å². The van der Waals surface area contributed by atoms with E-state index in [1.165, 1.54) is 0 Å². The first kappa shape index (κ1) is 14.7. The molecule has 0 saturated heterocycles. The molecule has 0 radical (unpaired) electrons. The van der Waals surface area contributed by atoms with E-state index >= 15 is 0 Å². The van der Waals surface area contributed by atoms with Crippen molar-refractivity contribution in [2.75, 3.05) is 0 Å². The quantitative estimate of drug-likeness (QED) is 0.490. The molecule has 0 spiro atoms. The normalized spacial score (nSPS) is 11.0. The Balaban J connectivity index is 0.00000196. The van der Waals surface area contributed by atoms with Gasteiger partial charge < -0.3 is 0 Å². The first-order valence-corrected chi connectivity index (χ1v) is 5.29. The molecule has 0 bridgehead atoms. The van der Waals surface area contributed by atoms with Crippen LogP contribution in [-0.4, -0.2) is 13.0 Å². The Morgan fingerprint density at radius 2 is 1.67 bits per heavy atom. The Hall–Kier alpha value is -0.310. The molecule has 1 N–H and O–H groups in total. The molecule has 0 unspecified atom stereocenters. The molecule has 3 nitrogen and oxygen atoms in total. The van der Waals surface area contributed by atoms with Gasteiger partial charge in [0.15, 0.2) is 10.7 Å². The second kappa shape index (κ2) is 4.69. The van der Waals surface area contributed by atoms with Crippen molar-refractivity contribution in [3.63, 3.8) is 0 Å². The standard InChI is InChI=1S/C6H2BrF3O3S.ClH/c7-4-2(8)1-3(9)6(5(4)10)14(11,12)13;/h1H,(H,11,12,13);1H. The highest BCUT2D eigenvalue weighted by Crippen LogP contribution is 2.27. The van der Waals surface area contributed by atoms with Gasteiger partial charge >= 0.3 is 0 Å². The van der Waals surface area contributed by atoms with Gasteiger partial charge in [0, 0.05) is 6.07 Å². The van der Waals surface area contributed by atoms with Crippen LogP contribution in [0.1, 0.15) is 0 Å². The van der Waals surface area contributed by atoms with Crippen molar-refractivity contribution in [3.05, 3.63) is 28.0 Å². The van der Waals surface area contributed by atoms with Gasteiger partial charge in [-0.2, -0.15) is 8.42 Å². The van der Waals surface area contributed by atoms with E-state index in [0.29, 0.717) is 0 Å². The molecule has 86 valence electrons. The molecular weight excluding hydrogens is 324 g/mol. The first-order valence-electron chi connectivity index (χ1n) is 3.05. The molecule has 0 heterocycles. The third-order valence-electron chi connectivity index (χ3n) is 1.33. The van der Waals surface area contributed by atoms with Gasteiger partial charge in [-0.15, -0.1) is 12.4 Å². The summed E-state index contributed by atoms with van der Waals surface area (Å²) in [6, 6.07) is 0.149. The molecule has 1 aromatic rings. The van der Waals surface area contributed by atoms with E-state index in [1.807, 2.05) is 0 Å². The van der Waals surface area contributed by atoms with Gasteiger partial charge in [0.2, 0.25) is 0 Å². The number of benzene rings is 1. The molecule has 0 aliphatic rings. The molecule has 0 fully saturated rings. The topological polar surface area (TPSA) is 54.4 Å². The lowest BCUT2D eigenvalue weighted by molar-refractivity contribution is 0.448. The minimum atomic E-state index is -5.05. The second-order valence-electron chi connectivity index (χ2n) is 2.27. The Morgan fingerprint density at radius 1 is 1.20 bits per heavy atom. The maximum atomic E-state index is 13.0. The highest BCUT2D eigenvalue weighted by molar-refractivity contribution is 9.10. The van der Waals surface area contributed by atoms with E-state index in [0.717, 1.165) is 0 Å². The van der Waals surface area contributed by atoms with Crippen LogP contribution in [-0.2, 0) is 10.1 Å². The lowest BCUT2D eigenvalue weighted by atomic mass is 10.3. The number of hydrogen-bond acceptors (Lipinski definition) is 2. The average Bonchev–Trinajstić information content (AvgIpc) is 1.97. The average molecular weight is 328 g/mol. The van der Waals surface area contributed by atoms with E-state index < -0.39 is 36.9 Å². The zero-order valence-corrected chi connectivity index (χ0v) is 9.89. The zero-order chi connectivity index (χ0) is 11.1. The molecule has 0 aliphatic carbocycles. The van der Waals surface area contributed by atoms with E-state index in [-0.39, 0.29) is 18.5 Å². The molecule has 0 saturated carbocycles. The minimum absolute atomic E-state index is 0. The number of hydrogen-bond donors (Lipinski definition) is 1. The summed E-state index contributed by atoms with van der Waals surface area (Å²) < 4.78 is 66.8. The van der Waals surface area contributed by atoms with E-state index in [2.05, 4.69) is 15.9 Å². The van der Waals surface area contributed by atoms with Crippen LogP contribution in [0.15, 0.2) is 15.4 Å². The van der Waals surface area contributed by atoms with Gasteiger partial charge in [-0.05, 0) is 15.9 Å². The maximum absolute atomic E-state index is 13.0. The van der Waals surface area contributed by atoms with Crippen molar-refractivity contribution in [3.8, 4) is 0 Å². The second-order valence-corrected chi connectivity index (χ2v) is 4.42. The van der Waals surface area contributed by atoms with Gasteiger partial charge in [0.25, 0.3) is 10.1 Å². The van der Waals surface area contributed by atoms with Gasteiger partial charge in [-0.25, -0.2) is 13.2 Å². The van der Waals surface area contributed by atoms with Crippen molar-refractivity contribution in [1.29, 1.82) is 0 Å². The first-order chi connectivity index (χ1) is 6.25. The van der Waals surface area contributed by atoms with Crippen LogP contribution < -0.4 is 0 Å². The fraction of sp³-hybridized carbons (Fsp3) is 0. The molecule has 0 aromatic heterocycles. The summed E-state index contributed by atoms with van der Waals surface area (Å²) in [5.41, 5.74) is 0. The lowest BCUT2D eigenvalue weighted by Gasteiger charge is -2.03. The van der Waals surface area contributed by atoms with Crippen molar-refractivity contribution >= 4 is 38.5 Å². The SMILES string of the molecule is Cl.O=S(=O)(O)c1c(F)cc(F)c(Br)c1F. The number of rotatable bonds is 1. The summed E-state index contributed by atoms with van der Waals surface area (Å²) in [5.74, 6) is -4.69. The summed E-state index contributed by atoms with van der Waals surface area (Å²) >= 11 is 2.36. The van der Waals surface area contributed by atoms with Crippen molar-refractivity contribution in [1.82, 2.24) is 0 Å². The van der Waals surface area contributed by atoms with E-state index in [4.69, 9.17) is 4.55 Å². The molecule has 1 rings (SSSR count). The molecular formula is C6H3BrClF3O3S. The number of halogens is 5. The fourth-order valence-corrected chi connectivity index (χ4v) is 1.86. The van der Waals surface area contributed by atoms with Gasteiger partial charge in [0.1, 0.15) is 11.6 Å². The Morgan fingerprint density at radius 3 is 2.07 bits per heavy atom. The van der Waals surface area contributed by atoms with E-state index in [1.54, 1.807) is 0 Å². The lowest BCUT2D eigenvalue weighted by Crippen LogP contribution is -2.07. The Kier molecular flexibility index (Phi) is 4.59. The van der Waals surface area contributed by atoms with Crippen molar-refractivity contribution < 1.29 is 26.1 Å². The highest BCUT2D eigenvalue weighted by Gasteiger charge is 2.26. The van der Waals surface area contributed by atoms with E-state index in [9.17, 15) is 21.6 Å². The van der Waals surface area contributed by atoms with Crippen LogP contribution in [0.4, 0.5) is 13.2 Å². The third-order valence-corrected chi connectivity index (χ3v) is 2.95. The summed E-state index contributed by atoms with van der Waals surface area (Å²) in [6.07, 6.45) is 0. The van der Waals surface area contributed by atoms with Gasteiger partial charge in [0.05, 0.1) is 4.47 Å². The maximum Gasteiger partial charge on any atom is 0.300 e. The summed E-state index contributed by atoms with van der Waals surface area (Å²) in [4.78, 5) is -1.58. The predicted octanol–water partition coefficient (Wildman–Crippen LogP) is 2.53. The smallest absolute Gasteiger partial charge is 0.282 e. The molecule has 1 aromatic carbocycles. The van der Waals surface area contributed by atoms with Crippen molar-refractivity contribution in [2.24, 2.45) is 0 Å². The van der Waals surface area contributed by atoms with Crippen LogP contribution in [0.3, 0.4) is 0 Å². The van der Waals surface area contributed by atoms with Crippen LogP contribution >= 0.6 is 28.3 Å². The summed E-state index contributed by atoms with van der Waals surface area (Å²) in [5, 5.41) is 0.